The smallest absolute Gasteiger partial charge is 0.240 e. The van der Waals surface area contributed by atoms with Crippen LogP contribution in [0.5, 0.6) is 0 Å². The van der Waals surface area contributed by atoms with Gasteiger partial charge in [-0.05, 0) is 24.6 Å². The number of benzene rings is 1. The van der Waals surface area contributed by atoms with Crippen LogP contribution in [0.15, 0.2) is 23.1 Å². The first-order valence-electron chi connectivity index (χ1n) is 5.82. The number of nitrogens with one attached hydrogen (secondary N) is 2. The highest BCUT2D eigenvalue weighted by Crippen LogP contribution is 2.19. The zero-order valence-electron chi connectivity index (χ0n) is 10.8. The Bertz CT molecular complexity index is 501. The molecule has 2 N–H and O–H groups in total. The lowest BCUT2D eigenvalue weighted by atomic mass is 10.2. The van der Waals surface area contributed by atoms with Crippen LogP contribution in [0.4, 0.5) is 0 Å². The molecule has 0 aliphatic carbocycles. The van der Waals surface area contributed by atoms with Crippen LogP contribution in [0, 0.1) is 6.92 Å². The highest BCUT2D eigenvalue weighted by Gasteiger charge is 2.16. The van der Waals surface area contributed by atoms with Gasteiger partial charge >= 0.3 is 0 Å². The fourth-order valence-electron chi connectivity index (χ4n) is 1.49. The molecule has 0 heterocycles. The van der Waals surface area contributed by atoms with Gasteiger partial charge in [0.05, 0.1) is 4.90 Å². The van der Waals surface area contributed by atoms with E-state index < -0.39 is 10.0 Å². The van der Waals surface area contributed by atoms with E-state index >= 15 is 0 Å². The molecule has 4 nitrogen and oxygen atoms in total. The number of aryl methyl sites for hydroxylation is 1. The van der Waals surface area contributed by atoms with E-state index in [1.165, 1.54) is 6.07 Å². The molecule has 0 bridgehead atoms. The highest BCUT2D eigenvalue weighted by molar-refractivity contribution is 7.89. The van der Waals surface area contributed by atoms with Crippen molar-refractivity contribution in [3.63, 3.8) is 0 Å². The van der Waals surface area contributed by atoms with E-state index in [9.17, 15) is 8.42 Å². The highest BCUT2D eigenvalue weighted by atomic mass is 35.5. The summed E-state index contributed by atoms with van der Waals surface area (Å²) in [6.45, 7) is 6.71. The van der Waals surface area contributed by atoms with E-state index in [0.717, 1.165) is 0 Å². The Hall–Kier alpha value is -0.620. The molecule has 0 aliphatic rings. The first-order chi connectivity index (χ1) is 8.33. The molecule has 1 aromatic rings. The lowest BCUT2D eigenvalue weighted by Gasteiger charge is -2.11. The first kappa shape index (κ1) is 15.4. The Morgan fingerprint density at radius 2 is 1.94 bits per heavy atom. The number of hydrogen-bond donors (Lipinski definition) is 2. The Kier molecular flexibility index (Phi) is 5.59. The van der Waals surface area contributed by atoms with E-state index in [1.54, 1.807) is 19.1 Å². The Balaban J connectivity index is 2.71. The van der Waals surface area contributed by atoms with Gasteiger partial charge in [0.25, 0.3) is 0 Å². The van der Waals surface area contributed by atoms with Crippen LogP contribution >= 0.6 is 11.6 Å². The maximum absolute atomic E-state index is 12.1. The molecule has 0 spiro atoms. The molecule has 6 heteroatoms. The van der Waals surface area contributed by atoms with Crippen molar-refractivity contribution in [3.8, 4) is 0 Å². The largest absolute Gasteiger partial charge is 0.313 e. The minimum absolute atomic E-state index is 0.236. The topological polar surface area (TPSA) is 58.2 Å². The van der Waals surface area contributed by atoms with Crippen LogP contribution in [0.2, 0.25) is 5.02 Å². The van der Waals surface area contributed by atoms with Gasteiger partial charge in [0, 0.05) is 24.2 Å². The summed E-state index contributed by atoms with van der Waals surface area (Å²) in [7, 11) is -3.49. The third-order valence-electron chi connectivity index (χ3n) is 2.41. The van der Waals surface area contributed by atoms with Gasteiger partial charge in [-0.25, -0.2) is 13.1 Å². The van der Waals surface area contributed by atoms with Gasteiger partial charge in [-0.3, -0.25) is 0 Å². The summed E-state index contributed by atoms with van der Waals surface area (Å²) < 4.78 is 26.7. The van der Waals surface area contributed by atoms with E-state index in [2.05, 4.69) is 10.0 Å². The van der Waals surface area contributed by atoms with Gasteiger partial charge in [0.1, 0.15) is 0 Å². The van der Waals surface area contributed by atoms with Gasteiger partial charge in [-0.2, -0.15) is 0 Å². The minimum atomic E-state index is -3.49. The second kappa shape index (κ2) is 6.52. The van der Waals surface area contributed by atoms with E-state index in [1.807, 2.05) is 13.8 Å². The normalized spacial score (nSPS) is 12.1. The summed E-state index contributed by atoms with van der Waals surface area (Å²) in [6, 6.07) is 5.18. The minimum Gasteiger partial charge on any atom is -0.313 e. The summed E-state index contributed by atoms with van der Waals surface area (Å²) in [5.41, 5.74) is 0.684. The standard InChI is InChI=1S/C12H19ClN2O2S/c1-9(2)14-6-7-15-18(16,17)12-8-11(13)5-4-10(12)3/h4-5,8-9,14-15H,6-7H2,1-3H3. The molecule has 0 radical (unpaired) electrons. The summed E-state index contributed by atoms with van der Waals surface area (Å²) >= 11 is 5.82. The molecule has 0 atom stereocenters. The van der Waals surface area contributed by atoms with Crippen LogP contribution in [-0.2, 0) is 10.0 Å². The molecule has 18 heavy (non-hydrogen) atoms. The second-order valence-corrected chi connectivity index (χ2v) is 6.59. The molecule has 0 saturated carbocycles. The molecule has 0 aromatic heterocycles. The molecular weight excluding hydrogens is 272 g/mol. The average Bonchev–Trinajstić information content (AvgIpc) is 2.27. The maximum Gasteiger partial charge on any atom is 0.240 e. The number of rotatable bonds is 6. The van der Waals surface area contributed by atoms with Crippen LogP contribution in [0.1, 0.15) is 19.4 Å². The molecular formula is C12H19ClN2O2S. The fraction of sp³-hybridized carbons (Fsp3) is 0.500. The third kappa shape index (κ3) is 4.57. The zero-order valence-corrected chi connectivity index (χ0v) is 12.4. The quantitative estimate of drug-likeness (QED) is 0.787. The van der Waals surface area contributed by atoms with Gasteiger partial charge in [-0.15, -0.1) is 0 Å². The Morgan fingerprint density at radius 3 is 2.56 bits per heavy atom. The molecule has 0 amide bonds. The fourth-order valence-corrected chi connectivity index (χ4v) is 3.02. The second-order valence-electron chi connectivity index (χ2n) is 4.42. The van der Waals surface area contributed by atoms with Gasteiger partial charge in [0.2, 0.25) is 10.0 Å². The van der Waals surface area contributed by atoms with Crippen molar-refractivity contribution in [1.29, 1.82) is 0 Å². The lowest BCUT2D eigenvalue weighted by Crippen LogP contribution is -2.34. The van der Waals surface area contributed by atoms with Crippen molar-refractivity contribution in [1.82, 2.24) is 10.0 Å². The summed E-state index contributed by atoms with van der Waals surface area (Å²) in [5, 5.41) is 3.56. The molecule has 0 fully saturated rings. The molecule has 102 valence electrons. The van der Waals surface area contributed by atoms with Crippen molar-refractivity contribution >= 4 is 21.6 Å². The maximum atomic E-state index is 12.1. The van der Waals surface area contributed by atoms with Crippen molar-refractivity contribution in [2.24, 2.45) is 0 Å². The van der Waals surface area contributed by atoms with Crippen LogP contribution in [-0.4, -0.2) is 27.5 Å². The van der Waals surface area contributed by atoms with E-state index in [0.29, 0.717) is 29.7 Å². The van der Waals surface area contributed by atoms with Crippen molar-refractivity contribution in [2.75, 3.05) is 13.1 Å². The number of sulfonamides is 1. The molecule has 0 saturated heterocycles. The van der Waals surface area contributed by atoms with Gasteiger partial charge in [0.15, 0.2) is 0 Å². The number of halogens is 1. The van der Waals surface area contributed by atoms with Crippen molar-refractivity contribution < 1.29 is 8.42 Å². The SMILES string of the molecule is Cc1ccc(Cl)cc1S(=O)(=O)NCCNC(C)C. The van der Waals surface area contributed by atoms with E-state index in [4.69, 9.17) is 11.6 Å². The Labute approximate surface area is 114 Å². The van der Waals surface area contributed by atoms with Gasteiger partial charge < -0.3 is 5.32 Å². The first-order valence-corrected chi connectivity index (χ1v) is 7.68. The Morgan fingerprint density at radius 1 is 1.28 bits per heavy atom. The molecule has 1 rings (SSSR count). The number of hydrogen-bond acceptors (Lipinski definition) is 3. The van der Waals surface area contributed by atoms with E-state index in [-0.39, 0.29) is 4.90 Å². The molecule has 0 aliphatic heterocycles. The van der Waals surface area contributed by atoms with Crippen LogP contribution in [0.25, 0.3) is 0 Å². The van der Waals surface area contributed by atoms with Crippen molar-refractivity contribution in [3.05, 3.63) is 28.8 Å². The zero-order chi connectivity index (χ0) is 13.8. The summed E-state index contributed by atoms with van der Waals surface area (Å²) in [4.78, 5) is 0.236. The summed E-state index contributed by atoms with van der Waals surface area (Å²) in [6.07, 6.45) is 0. The molecule has 1 aromatic carbocycles. The van der Waals surface area contributed by atoms with Crippen molar-refractivity contribution in [2.45, 2.75) is 31.7 Å². The van der Waals surface area contributed by atoms with Gasteiger partial charge in [-0.1, -0.05) is 31.5 Å². The lowest BCUT2D eigenvalue weighted by molar-refractivity contribution is 0.559. The van der Waals surface area contributed by atoms with Crippen LogP contribution < -0.4 is 10.0 Å². The summed E-state index contributed by atoms with van der Waals surface area (Å²) in [5.74, 6) is 0. The molecule has 0 unspecified atom stereocenters. The van der Waals surface area contributed by atoms with Crippen LogP contribution in [0.3, 0.4) is 0 Å². The predicted molar refractivity (Wildman–Crippen MR) is 74.5 cm³/mol. The predicted octanol–water partition coefficient (Wildman–Crippen LogP) is 1.92. The average molecular weight is 291 g/mol. The monoisotopic (exact) mass is 290 g/mol. The third-order valence-corrected chi connectivity index (χ3v) is 4.25.